The summed E-state index contributed by atoms with van der Waals surface area (Å²) in [6.07, 6.45) is 0. The standard InChI is InChI=1S/C14H11ClN4O/c15-13-2-1-12(5-9(13)7-16)19-14(20)8-3-10(17)6-11(18)4-8/h1-6H,17-18H2,(H,19,20). The zero-order valence-corrected chi connectivity index (χ0v) is 11.1. The highest BCUT2D eigenvalue weighted by Gasteiger charge is 2.09. The summed E-state index contributed by atoms with van der Waals surface area (Å²) in [6, 6.07) is 11.2. The fourth-order valence-corrected chi connectivity index (χ4v) is 1.86. The highest BCUT2D eigenvalue weighted by molar-refractivity contribution is 6.31. The Morgan fingerprint density at radius 2 is 1.80 bits per heavy atom. The number of anilines is 3. The van der Waals surface area contributed by atoms with Crippen molar-refractivity contribution < 1.29 is 4.79 Å². The molecule has 0 aliphatic rings. The Morgan fingerprint density at radius 3 is 2.40 bits per heavy atom. The van der Waals surface area contributed by atoms with Gasteiger partial charge in [0.05, 0.1) is 10.6 Å². The van der Waals surface area contributed by atoms with Gasteiger partial charge >= 0.3 is 0 Å². The summed E-state index contributed by atoms with van der Waals surface area (Å²) >= 11 is 5.82. The molecule has 0 spiro atoms. The van der Waals surface area contributed by atoms with Crippen LogP contribution in [0.5, 0.6) is 0 Å². The van der Waals surface area contributed by atoms with Crippen molar-refractivity contribution in [2.75, 3.05) is 16.8 Å². The van der Waals surface area contributed by atoms with Crippen molar-refractivity contribution in [3.63, 3.8) is 0 Å². The van der Waals surface area contributed by atoms with Gasteiger partial charge < -0.3 is 16.8 Å². The Labute approximate surface area is 120 Å². The van der Waals surface area contributed by atoms with E-state index in [4.69, 9.17) is 28.3 Å². The molecule has 5 N–H and O–H groups in total. The van der Waals surface area contributed by atoms with Gasteiger partial charge in [-0.15, -0.1) is 0 Å². The van der Waals surface area contributed by atoms with Gasteiger partial charge in [-0.1, -0.05) is 11.6 Å². The van der Waals surface area contributed by atoms with Crippen LogP contribution in [0.2, 0.25) is 5.02 Å². The summed E-state index contributed by atoms with van der Waals surface area (Å²) < 4.78 is 0. The SMILES string of the molecule is N#Cc1cc(NC(=O)c2cc(N)cc(N)c2)ccc1Cl. The molecule has 0 saturated carbocycles. The first kappa shape index (κ1) is 13.7. The van der Waals surface area contributed by atoms with E-state index in [1.807, 2.05) is 6.07 Å². The number of nitrogens with zero attached hydrogens (tertiary/aromatic N) is 1. The smallest absolute Gasteiger partial charge is 0.255 e. The normalized spacial score (nSPS) is 9.80. The third-order valence-corrected chi connectivity index (χ3v) is 2.91. The van der Waals surface area contributed by atoms with Crippen molar-refractivity contribution in [2.24, 2.45) is 0 Å². The Morgan fingerprint density at radius 1 is 1.15 bits per heavy atom. The number of nitriles is 1. The Hall–Kier alpha value is -2.71. The minimum Gasteiger partial charge on any atom is -0.399 e. The number of hydrogen-bond donors (Lipinski definition) is 3. The molecule has 0 radical (unpaired) electrons. The number of halogens is 1. The summed E-state index contributed by atoms with van der Waals surface area (Å²) in [5.74, 6) is -0.366. The number of nitrogen functional groups attached to an aromatic ring is 2. The van der Waals surface area contributed by atoms with E-state index in [2.05, 4.69) is 5.32 Å². The van der Waals surface area contributed by atoms with Crippen LogP contribution < -0.4 is 16.8 Å². The summed E-state index contributed by atoms with van der Waals surface area (Å²) in [5.41, 5.74) is 13.2. The number of rotatable bonds is 2. The molecule has 0 aliphatic carbocycles. The number of amides is 1. The van der Waals surface area contributed by atoms with Gasteiger partial charge in [0.25, 0.3) is 5.91 Å². The van der Waals surface area contributed by atoms with Gasteiger partial charge in [-0.2, -0.15) is 5.26 Å². The molecule has 0 aliphatic heterocycles. The van der Waals surface area contributed by atoms with E-state index < -0.39 is 0 Å². The Balaban J connectivity index is 2.26. The molecule has 0 unspecified atom stereocenters. The third-order valence-electron chi connectivity index (χ3n) is 2.58. The molecule has 2 rings (SSSR count). The molecular formula is C14H11ClN4O. The first-order valence-electron chi connectivity index (χ1n) is 5.66. The number of nitrogens with two attached hydrogens (primary N) is 2. The summed E-state index contributed by atoms with van der Waals surface area (Å²) in [6.45, 7) is 0. The number of nitrogens with one attached hydrogen (secondary N) is 1. The topological polar surface area (TPSA) is 105 Å². The minimum atomic E-state index is -0.366. The van der Waals surface area contributed by atoms with Gasteiger partial charge in [0.15, 0.2) is 0 Å². The molecule has 0 saturated heterocycles. The average Bonchev–Trinajstić information content (AvgIpc) is 2.39. The fourth-order valence-electron chi connectivity index (χ4n) is 1.70. The molecular weight excluding hydrogens is 276 g/mol. The monoisotopic (exact) mass is 286 g/mol. The van der Waals surface area contributed by atoms with E-state index >= 15 is 0 Å². The predicted molar refractivity (Wildman–Crippen MR) is 79.4 cm³/mol. The third kappa shape index (κ3) is 2.99. The lowest BCUT2D eigenvalue weighted by Gasteiger charge is -2.07. The Bertz CT molecular complexity index is 701. The van der Waals surface area contributed by atoms with Crippen LogP contribution in [-0.4, -0.2) is 5.91 Å². The van der Waals surface area contributed by atoms with Crippen molar-refractivity contribution in [3.05, 3.63) is 52.5 Å². The molecule has 0 atom stereocenters. The molecule has 1 amide bonds. The quantitative estimate of drug-likeness (QED) is 0.738. The highest BCUT2D eigenvalue weighted by atomic mass is 35.5. The first-order valence-corrected chi connectivity index (χ1v) is 6.04. The number of benzene rings is 2. The van der Waals surface area contributed by atoms with Gasteiger partial charge in [-0.25, -0.2) is 0 Å². The predicted octanol–water partition coefficient (Wildman–Crippen LogP) is 2.63. The summed E-state index contributed by atoms with van der Waals surface area (Å²) in [7, 11) is 0. The molecule has 0 bridgehead atoms. The van der Waals surface area contributed by atoms with Crippen LogP contribution in [0.3, 0.4) is 0 Å². The van der Waals surface area contributed by atoms with E-state index in [-0.39, 0.29) is 11.5 Å². The van der Waals surface area contributed by atoms with Gasteiger partial charge in [0, 0.05) is 22.6 Å². The van der Waals surface area contributed by atoms with Gasteiger partial charge in [0.2, 0.25) is 0 Å². The first-order chi connectivity index (χ1) is 9.49. The lowest BCUT2D eigenvalue weighted by atomic mass is 10.1. The summed E-state index contributed by atoms with van der Waals surface area (Å²) in [5, 5.41) is 11.9. The van der Waals surface area contributed by atoms with Crippen molar-refractivity contribution in [2.45, 2.75) is 0 Å². The average molecular weight is 287 g/mol. The van der Waals surface area contributed by atoms with E-state index in [0.29, 0.717) is 27.6 Å². The molecule has 0 fully saturated rings. The highest BCUT2D eigenvalue weighted by Crippen LogP contribution is 2.21. The van der Waals surface area contributed by atoms with Crippen LogP contribution in [0.15, 0.2) is 36.4 Å². The van der Waals surface area contributed by atoms with Gasteiger partial charge in [0.1, 0.15) is 6.07 Å². The second-order valence-corrected chi connectivity index (χ2v) is 4.56. The van der Waals surface area contributed by atoms with E-state index in [1.54, 1.807) is 18.2 Å². The summed E-state index contributed by atoms with van der Waals surface area (Å²) in [4.78, 5) is 12.1. The molecule has 2 aromatic rings. The molecule has 20 heavy (non-hydrogen) atoms. The molecule has 0 heterocycles. The number of carbonyl (C=O) groups is 1. The van der Waals surface area contributed by atoms with Crippen LogP contribution in [0.25, 0.3) is 0 Å². The van der Waals surface area contributed by atoms with Crippen molar-refractivity contribution >= 4 is 34.6 Å². The molecule has 100 valence electrons. The van der Waals surface area contributed by atoms with Crippen molar-refractivity contribution in [1.82, 2.24) is 0 Å². The Kier molecular flexibility index (Phi) is 3.78. The largest absolute Gasteiger partial charge is 0.399 e. The molecule has 2 aromatic carbocycles. The van der Waals surface area contributed by atoms with Crippen LogP contribution in [0.4, 0.5) is 17.1 Å². The zero-order valence-electron chi connectivity index (χ0n) is 10.4. The lowest BCUT2D eigenvalue weighted by molar-refractivity contribution is 0.102. The zero-order chi connectivity index (χ0) is 14.7. The van der Waals surface area contributed by atoms with Gasteiger partial charge in [-0.3, -0.25) is 4.79 Å². The van der Waals surface area contributed by atoms with Crippen LogP contribution in [0, 0.1) is 11.3 Å². The molecule has 6 heteroatoms. The van der Waals surface area contributed by atoms with Crippen LogP contribution >= 0.6 is 11.6 Å². The second-order valence-electron chi connectivity index (χ2n) is 4.15. The lowest BCUT2D eigenvalue weighted by Crippen LogP contribution is -2.12. The number of hydrogen-bond acceptors (Lipinski definition) is 4. The maximum atomic E-state index is 12.1. The minimum absolute atomic E-state index is 0.288. The van der Waals surface area contributed by atoms with Crippen LogP contribution in [0.1, 0.15) is 15.9 Å². The fraction of sp³-hybridized carbons (Fsp3) is 0. The van der Waals surface area contributed by atoms with Crippen LogP contribution in [-0.2, 0) is 0 Å². The van der Waals surface area contributed by atoms with E-state index in [0.717, 1.165) is 0 Å². The molecule has 5 nitrogen and oxygen atoms in total. The number of carbonyl (C=O) groups excluding carboxylic acids is 1. The molecule has 0 aromatic heterocycles. The maximum Gasteiger partial charge on any atom is 0.255 e. The van der Waals surface area contributed by atoms with Crippen molar-refractivity contribution in [1.29, 1.82) is 5.26 Å². The maximum absolute atomic E-state index is 12.1. The van der Waals surface area contributed by atoms with Gasteiger partial charge in [-0.05, 0) is 36.4 Å². The second kappa shape index (κ2) is 5.51. The van der Waals surface area contributed by atoms with Crippen molar-refractivity contribution in [3.8, 4) is 6.07 Å². The van der Waals surface area contributed by atoms with E-state index in [1.165, 1.54) is 18.2 Å². The van der Waals surface area contributed by atoms with E-state index in [9.17, 15) is 4.79 Å².